The molecule has 37 heavy (non-hydrogen) atoms. The van der Waals surface area contributed by atoms with Crippen molar-refractivity contribution < 1.29 is 17.7 Å². The van der Waals surface area contributed by atoms with Gasteiger partial charge in [0.05, 0.1) is 7.11 Å². The van der Waals surface area contributed by atoms with Crippen molar-refractivity contribution in [3.05, 3.63) is 40.5 Å². The van der Waals surface area contributed by atoms with E-state index in [4.69, 9.17) is 4.74 Å². The average molecular weight is 549 g/mol. The molecule has 2 aromatic carbocycles. The average Bonchev–Trinajstić information content (AvgIpc) is 2.69. The first-order valence-electron chi connectivity index (χ1n) is 13.3. The Balaban J connectivity index is 3.39. The molecular formula is C31H49O4PS. The first kappa shape index (κ1) is 31.8. The van der Waals surface area contributed by atoms with Crippen LogP contribution >= 0.6 is 7.92 Å². The van der Waals surface area contributed by atoms with Crippen LogP contribution < -0.4 is 10.0 Å². The Hall–Kier alpha value is -1.42. The van der Waals surface area contributed by atoms with Crippen LogP contribution in [-0.4, -0.2) is 30.4 Å². The van der Waals surface area contributed by atoms with E-state index in [0.717, 1.165) is 16.4 Å². The number of ether oxygens (including phenoxy) is 1. The van der Waals surface area contributed by atoms with Crippen molar-refractivity contribution >= 4 is 23.3 Å². The molecule has 0 heterocycles. The summed E-state index contributed by atoms with van der Waals surface area (Å²) in [5.74, 6) is 1.20. The second kappa shape index (κ2) is 11.0. The molecule has 0 aliphatic rings. The maximum Gasteiger partial charge on any atom is 0.298 e. The molecule has 0 aliphatic heterocycles. The summed E-state index contributed by atoms with van der Waals surface area (Å²) in [7, 11) is -3.96. The Morgan fingerprint density at radius 3 is 1.51 bits per heavy atom. The lowest BCUT2D eigenvalue weighted by molar-refractivity contribution is 0.400. The summed E-state index contributed by atoms with van der Waals surface area (Å²) in [5, 5.41) is 0.604. The lowest BCUT2D eigenvalue weighted by atomic mass is 9.80. The number of hydrogen-bond acceptors (Lipinski definition) is 3. The minimum Gasteiger partial charge on any atom is -0.495 e. The van der Waals surface area contributed by atoms with Crippen molar-refractivity contribution in [2.75, 3.05) is 7.11 Å². The van der Waals surface area contributed by atoms with Gasteiger partial charge >= 0.3 is 0 Å². The molecule has 0 saturated heterocycles. The zero-order valence-electron chi connectivity index (χ0n) is 25.5. The van der Waals surface area contributed by atoms with Gasteiger partial charge in [0.25, 0.3) is 10.1 Å². The molecule has 6 heteroatoms. The van der Waals surface area contributed by atoms with Crippen molar-refractivity contribution in [3.8, 4) is 16.9 Å². The molecule has 0 spiro atoms. The number of hydrogen-bond donors (Lipinski definition) is 1. The summed E-state index contributed by atoms with van der Waals surface area (Å²) < 4.78 is 41.5. The van der Waals surface area contributed by atoms with Crippen LogP contribution in [-0.2, 0) is 10.1 Å². The Kier molecular flexibility index (Phi) is 9.44. The summed E-state index contributed by atoms with van der Waals surface area (Å²) in [6.45, 7) is 28.6. The molecule has 0 unspecified atom stereocenters. The molecule has 0 aromatic heterocycles. The normalized spacial score (nSPS) is 13.4. The fourth-order valence-corrected chi connectivity index (χ4v) is 10.7. The standard InChI is InChI=1S/C31H49O4PS/c1-18(2)22-16-23(19(3)4)27(24(17-22)20(5)6)26-21(7)15-25(37(32,33)34)28(35-14)29(26)36(30(8,9)10)31(11,12)13/h15-20H,1-14H3,(H,32,33,34). The quantitative estimate of drug-likeness (QED) is 0.277. The fourth-order valence-electron chi connectivity index (χ4n) is 5.59. The maximum absolute atomic E-state index is 12.6. The Bertz CT molecular complexity index is 1200. The van der Waals surface area contributed by atoms with E-state index >= 15 is 0 Å². The molecule has 0 saturated carbocycles. The smallest absolute Gasteiger partial charge is 0.298 e. The van der Waals surface area contributed by atoms with Crippen LogP contribution in [0.4, 0.5) is 0 Å². The van der Waals surface area contributed by atoms with Gasteiger partial charge in [0.15, 0.2) is 0 Å². The van der Waals surface area contributed by atoms with Gasteiger partial charge < -0.3 is 4.74 Å². The Morgan fingerprint density at radius 1 is 0.784 bits per heavy atom. The maximum atomic E-state index is 12.6. The van der Waals surface area contributed by atoms with Crippen LogP contribution in [0, 0.1) is 6.92 Å². The molecule has 0 fully saturated rings. The van der Waals surface area contributed by atoms with Gasteiger partial charge in [-0.2, -0.15) is 8.42 Å². The van der Waals surface area contributed by atoms with E-state index in [0.29, 0.717) is 5.92 Å². The minimum atomic E-state index is -4.50. The van der Waals surface area contributed by atoms with Crippen molar-refractivity contribution in [1.82, 2.24) is 0 Å². The third-order valence-corrected chi connectivity index (χ3v) is 11.3. The third kappa shape index (κ3) is 6.60. The highest BCUT2D eigenvalue weighted by Crippen LogP contribution is 2.62. The van der Waals surface area contributed by atoms with Gasteiger partial charge in [0, 0.05) is 5.30 Å². The molecule has 1 N–H and O–H groups in total. The molecule has 4 nitrogen and oxygen atoms in total. The lowest BCUT2D eigenvalue weighted by Gasteiger charge is -2.44. The largest absolute Gasteiger partial charge is 0.495 e. The van der Waals surface area contributed by atoms with Crippen LogP contribution in [0.1, 0.15) is 123 Å². The molecule has 2 aromatic rings. The Morgan fingerprint density at radius 2 is 1.22 bits per heavy atom. The van der Waals surface area contributed by atoms with Gasteiger partial charge in [-0.15, -0.1) is 0 Å². The van der Waals surface area contributed by atoms with Crippen LogP contribution in [0.5, 0.6) is 5.75 Å². The van der Waals surface area contributed by atoms with Crippen LogP contribution in [0.2, 0.25) is 0 Å². The first-order chi connectivity index (χ1) is 16.6. The predicted octanol–water partition coefficient (Wildman–Crippen LogP) is 8.99. The predicted molar refractivity (Wildman–Crippen MR) is 161 cm³/mol. The number of methoxy groups -OCH3 is 1. The third-order valence-electron chi connectivity index (χ3n) is 6.85. The molecule has 0 radical (unpaired) electrons. The van der Waals surface area contributed by atoms with Gasteiger partial charge in [-0.1, -0.05) is 103 Å². The van der Waals surface area contributed by atoms with Crippen LogP contribution in [0.25, 0.3) is 11.1 Å². The van der Waals surface area contributed by atoms with Gasteiger partial charge in [-0.25, -0.2) is 0 Å². The summed E-state index contributed by atoms with van der Waals surface area (Å²) in [6.07, 6.45) is 0. The van der Waals surface area contributed by atoms with Crippen molar-refractivity contribution in [3.63, 3.8) is 0 Å². The van der Waals surface area contributed by atoms with E-state index in [2.05, 4.69) is 95.2 Å². The number of aryl methyl sites for hydroxylation is 1. The SMILES string of the molecule is COc1c(S(=O)(=O)O)cc(C)c(-c2c(C(C)C)cc(C(C)C)cc2C(C)C)c1P(C(C)(C)C)C(C)(C)C. The molecule has 0 aliphatic carbocycles. The molecular weight excluding hydrogens is 499 g/mol. The van der Waals surface area contributed by atoms with Crippen molar-refractivity contribution in [2.45, 2.75) is 123 Å². The second-order valence-corrected chi connectivity index (χ2v) is 18.3. The van der Waals surface area contributed by atoms with E-state index in [1.807, 2.05) is 6.92 Å². The second-order valence-electron chi connectivity index (χ2n) is 13.1. The van der Waals surface area contributed by atoms with Crippen molar-refractivity contribution in [2.24, 2.45) is 0 Å². The topological polar surface area (TPSA) is 63.6 Å². The summed E-state index contributed by atoms with van der Waals surface area (Å²) in [5.41, 5.74) is 6.92. The van der Waals surface area contributed by atoms with Crippen LogP contribution in [0.3, 0.4) is 0 Å². The first-order valence-corrected chi connectivity index (χ1v) is 16.1. The minimum absolute atomic E-state index is 0.150. The number of benzene rings is 2. The van der Waals surface area contributed by atoms with Gasteiger partial charge in [-0.3, -0.25) is 4.55 Å². The monoisotopic (exact) mass is 548 g/mol. The molecule has 2 rings (SSSR count). The van der Waals surface area contributed by atoms with E-state index in [9.17, 15) is 13.0 Å². The van der Waals surface area contributed by atoms with Crippen LogP contribution in [0.15, 0.2) is 23.1 Å². The van der Waals surface area contributed by atoms with E-state index < -0.39 is 18.0 Å². The highest BCUT2D eigenvalue weighted by Gasteiger charge is 2.42. The highest BCUT2D eigenvalue weighted by atomic mass is 32.2. The summed E-state index contributed by atoms with van der Waals surface area (Å²) in [4.78, 5) is -0.150. The van der Waals surface area contributed by atoms with Gasteiger partial charge in [0.2, 0.25) is 0 Å². The fraction of sp³-hybridized carbons (Fsp3) is 0.613. The van der Waals surface area contributed by atoms with E-state index in [-0.39, 0.29) is 32.8 Å². The zero-order chi connectivity index (χ0) is 28.8. The number of rotatable bonds is 7. The molecule has 0 atom stereocenters. The lowest BCUT2D eigenvalue weighted by Crippen LogP contribution is -2.34. The molecule has 0 bridgehead atoms. The molecule has 0 amide bonds. The highest BCUT2D eigenvalue weighted by molar-refractivity contribution is 7.86. The summed E-state index contributed by atoms with van der Waals surface area (Å²) in [6, 6.07) is 6.26. The van der Waals surface area contributed by atoms with E-state index in [1.165, 1.54) is 29.4 Å². The van der Waals surface area contributed by atoms with Gasteiger partial charge in [-0.05, 0) is 74.4 Å². The van der Waals surface area contributed by atoms with Gasteiger partial charge in [0.1, 0.15) is 10.6 Å². The summed E-state index contributed by atoms with van der Waals surface area (Å²) >= 11 is 0. The molecule has 208 valence electrons. The zero-order valence-corrected chi connectivity index (χ0v) is 27.2. The van der Waals surface area contributed by atoms with E-state index in [1.54, 1.807) is 6.07 Å². The van der Waals surface area contributed by atoms with Crippen molar-refractivity contribution in [1.29, 1.82) is 0 Å². The Labute approximate surface area is 228 Å².